The highest BCUT2D eigenvalue weighted by atomic mass is 31.2. The predicted molar refractivity (Wildman–Crippen MR) is 279 cm³/mol. The van der Waals surface area contributed by atoms with Crippen molar-refractivity contribution < 1.29 is 37.6 Å². The molecule has 0 aromatic heterocycles. The normalized spacial score (nSPS) is 14.1. The molecule has 0 saturated heterocycles. The molecule has 66 heavy (non-hydrogen) atoms. The number of esters is 2. The molecule has 9 nitrogen and oxygen atoms in total. The van der Waals surface area contributed by atoms with Crippen molar-refractivity contribution in [1.29, 1.82) is 0 Å². The summed E-state index contributed by atoms with van der Waals surface area (Å²) in [5.74, 6) is -0.853. The Bertz CT molecular complexity index is 1440. The van der Waals surface area contributed by atoms with Gasteiger partial charge in [-0.15, -0.1) is 0 Å². The summed E-state index contributed by atoms with van der Waals surface area (Å²) in [7, 11) is -4.39. The van der Waals surface area contributed by atoms with Crippen molar-refractivity contribution in [2.24, 2.45) is 5.73 Å². The highest BCUT2D eigenvalue weighted by Gasteiger charge is 2.26. The van der Waals surface area contributed by atoms with Crippen molar-refractivity contribution in [3.8, 4) is 0 Å². The molecular formula is C56H94NO8P. The molecule has 0 aliphatic carbocycles. The van der Waals surface area contributed by atoms with E-state index in [1.807, 2.05) is 0 Å². The Morgan fingerprint density at radius 1 is 0.470 bits per heavy atom. The molecule has 0 amide bonds. The van der Waals surface area contributed by atoms with Gasteiger partial charge in [-0.05, 0) is 96.3 Å². The van der Waals surface area contributed by atoms with E-state index in [4.69, 9.17) is 24.3 Å². The number of hydrogen-bond donors (Lipinski definition) is 2. The molecule has 0 saturated carbocycles. The second kappa shape index (κ2) is 51.1. The number of carbonyl (C=O) groups excluding carboxylic acids is 2. The smallest absolute Gasteiger partial charge is 0.462 e. The Labute approximate surface area is 403 Å². The molecule has 0 radical (unpaired) electrons. The van der Waals surface area contributed by atoms with E-state index < -0.39 is 32.5 Å². The van der Waals surface area contributed by atoms with Crippen LogP contribution >= 0.6 is 7.82 Å². The number of rotatable bonds is 47. The summed E-state index contributed by atoms with van der Waals surface area (Å²) < 4.78 is 32.8. The summed E-state index contributed by atoms with van der Waals surface area (Å²) in [4.78, 5) is 34.9. The van der Waals surface area contributed by atoms with Gasteiger partial charge in [-0.3, -0.25) is 18.6 Å². The van der Waals surface area contributed by atoms with Gasteiger partial charge < -0.3 is 20.1 Å². The molecule has 0 rings (SSSR count). The number of nitrogens with two attached hydrogens (primary N) is 1. The van der Waals surface area contributed by atoms with E-state index in [0.717, 1.165) is 122 Å². The van der Waals surface area contributed by atoms with Crippen LogP contribution in [0.2, 0.25) is 0 Å². The van der Waals surface area contributed by atoms with Gasteiger partial charge in [0.15, 0.2) is 6.10 Å². The van der Waals surface area contributed by atoms with Crippen LogP contribution in [0.25, 0.3) is 0 Å². The van der Waals surface area contributed by atoms with Crippen LogP contribution in [0.15, 0.2) is 109 Å². The van der Waals surface area contributed by atoms with Gasteiger partial charge in [0.25, 0.3) is 0 Å². The Kier molecular flexibility index (Phi) is 48.5. The molecule has 10 heteroatoms. The van der Waals surface area contributed by atoms with Crippen LogP contribution in [-0.4, -0.2) is 49.3 Å². The summed E-state index contributed by atoms with van der Waals surface area (Å²) >= 11 is 0. The summed E-state index contributed by atoms with van der Waals surface area (Å²) in [6.45, 7) is 3.52. The molecule has 0 fully saturated rings. The van der Waals surface area contributed by atoms with Crippen molar-refractivity contribution >= 4 is 19.8 Å². The summed E-state index contributed by atoms with van der Waals surface area (Å²) in [6.07, 6.45) is 68.6. The maximum absolute atomic E-state index is 12.6. The number of unbranched alkanes of at least 4 members (excludes halogenated alkanes) is 16. The maximum Gasteiger partial charge on any atom is 0.472 e. The molecule has 0 aromatic rings. The zero-order valence-corrected chi connectivity index (χ0v) is 42.5. The molecule has 0 aliphatic heterocycles. The van der Waals surface area contributed by atoms with E-state index in [2.05, 4.69) is 123 Å². The Hall–Kier alpha value is -3.33. The van der Waals surface area contributed by atoms with Crippen LogP contribution in [0, 0.1) is 0 Å². The molecule has 0 spiro atoms. The van der Waals surface area contributed by atoms with Crippen LogP contribution in [0.4, 0.5) is 0 Å². The lowest BCUT2D eigenvalue weighted by Crippen LogP contribution is -2.29. The minimum absolute atomic E-state index is 0.0468. The molecule has 0 aliphatic rings. The van der Waals surface area contributed by atoms with E-state index in [0.29, 0.717) is 6.42 Å². The quantitative estimate of drug-likeness (QED) is 0.0265. The van der Waals surface area contributed by atoms with Gasteiger partial charge in [0, 0.05) is 19.4 Å². The van der Waals surface area contributed by atoms with E-state index in [1.165, 1.54) is 44.9 Å². The summed E-state index contributed by atoms with van der Waals surface area (Å²) in [5, 5.41) is 0. The number of ether oxygens (including phenoxy) is 2. The van der Waals surface area contributed by atoms with Gasteiger partial charge in [-0.25, -0.2) is 4.57 Å². The average molecular weight is 940 g/mol. The standard InChI is InChI=1S/C56H94NO8P/c1-3-5-7-9-11-13-15-16-17-18-19-20-21-22-23-24-25-26-27-28-29-30-31-32-33-34-35-36-37-38-39-41-43-45-47-49-56(59)65-54(53-64-66(60,61)63-51-50-57)52-62-55(58)48-46-44-42-40-14-12-10-8-6-4-2/h5,7-8,10-11,13,16-17,19-20,22-23,25-26,28-29,31-32,54H,3-4,6,9,12,14-15,18,21,24,27,30,33-53,57H2,1-2H3,(H,60,61)/b7-5-,10-8-,13-11-,17-16-,20-19-,23-22-,26-25-,29-28-,32-31-. The molecule has 2 unspecified atom stereocenters. The Balaban J connectivity index is 3.96. The van der Waals surface area contributed by atoms with Crippen molar-refractivity contribution in [3.63, 3.8) is 0 Å². The van der Waals surface area contributed by atoms with Gasteiger partial charge in [0.2, 0.25) is 0 Å². The molecule has 0 bridgehead atoms. The van der Waals surface area contributed by atoms with Crippen molar-refractivity contribution in [2.75, 3.05) is 26.4 Å². The zero-order valence-electron chi connectivity index (χ0n) is 41.6. The second-order valence-corrected chi connectivity index (χ2v) is 18.1. The van der Waals surface area contributed by atoms with E-state index in [9.17, 15) is 19.0 Å². The third kappa shape index (κ3) is 50.1. The molecule has 0 aromatic carbocycles. The molecule has 376 valence electrons. The highest BCUT2D eigenvalue weighted by molar-refractivity contribution is 7.47. The lowest BCUT2D eigenvalue weighted by molar-refractivity contribution is -0.161. The van der Waals surface area contributed by atoms with Crippen LogP contribution < -0.4 is 5.73 Å². The van der Waals surface area contributed by atoms with Gasteiger partial charge in [-0.1, -0.05) is 200 Å². The predicted octanol–water partition coefficient (Wildman–Crippen LogP) is 15.9. The molecule has 0 heterocycles. The lowest BCUT2D eigenvalue weighted by Gasteiger charge is -2.19. The van der Waals surface area contributed by atoms with Crippen molar-refractivity contribution in [1.82, 2.24) is 0 Å². The first-order chi connectivity index (χ1) is 32.3. The van der Waals surface area contributed by atoms with Gasteiger partial charge in [0.05, 0.1) is 13.2 Å². The first-order valence-electron chi connectivity index (χ1n) is 25.9. The summed E-state index contributed by atoms with van der Waals surface area (Å²) in [6, 6.07) is 0. The van der Waals surface area contributed by atoms with E-state index in [1.54, 1.807) is 0 Å². The number of allylic oxidation sites excluding steroid dienone is 18. The first-order valence-corrected chi connectivity index (χ1v) is 27.4. The Morgan fingerprint density at radius 2 is 0.833 bits per heavy atom. The summed E-state index contributed by atoms with van der Waals surface area (Å²) in [5.41, 5.74) is 5.35. The number of carbonyl (C=O) groups is 2. The van der Waals surface area contributed by atoms with Crippen LogP contribution in [-0.2, 0) is 32.7 Å². The average Bonchev–Trinajstić information content (AvgIpc) is 3.31. The SMILES string of the molecule is CC/C=C\C/C=C\C/C=C\C/C=C\C/C=C\C/C=C\C/C=C\C/C=C\CCCCCCCCCCCCC(=O)OC(COC(=O)CCCCCCC/C=C\CCC)COP(=O)(O)OCCN. The van der Waals surface area contributed by atoms with E-state index in [-0.39, 0.29) is 32.6 Å². The van der Waals surface area contributed by atoms with Crippen LogP contribution in [0.1, 0.15) is 200 Å². The largest absolute Gasteiger partial charge is 0.472 e. The number of phosphoric acid groups is 1. The minimum atomic E-state index is -4.39. The monoisotopic (exact) mass is 940 g/mol. The molecule has 3 N–H and O–H groups in total. The van der Waals surface area contributed by atoms with Crippen LogP contribution in [0.5, 0.6) is 0 Å². The topological polar surface area (TPSA) is 134 Å². The minimum Gasteiger partial charge on any atom is -0.462 e. The van der Waals surface area contributed by atoms with Crippen LogP contribution in [0.3, 0.4) is 0 Å². The van der Waals surface area contributed by atoms with E-state index >= 15 is 0 Å². The number of hydrogen-bond acceptors (Lipinski definition) is 8. The van der Waals surface area contributed by atoms with Gasteiger partial charge >= 0.3 is 19.8 Å². The Morgan fingerprint density at radius 3 is 1.26 bits per heavy atom. The first kappa shape index (κ1) is 62.7. The maximum atomic E-state index is 12.6. The highest BCUT2D eigenvalue weighted by Crippen LogP contribution is 2.43. The third-order valence-electron chi connectivity index (χ3n) is 10.4. The third-order valence-corrected chi connectivity index (χ3v) is 11.4. The lowest BCUT2D eigenvalue weighted by atomic mass is 10.0. The number of phosphoric ester groups is 1. The second-order valence-electron chi connectivity index (χ2n) is 16.7. The molecular weight excluding hydrogens is 846 g/mol. The fourth-order valence-electron chi connectivity index (χ4n) is 6.59. The van der Waals surface area contributed by atoms with Gasteiger partial charge in [0.1, 0.15) is 6.61 Å². The fraction of sp³-hybridized carbons (Fsp3) is 0.643. The molecule has 2 atom stereocenters. The van der Waals surface area contributed by atoms with Crippen molar-refractivity contribution in [2.45, 2.75) is 206 Å². The van der Waals surface area contributed by atoms with Crippen molar-refractivity contribution in [3.05, 3.63) is 109 Å². The zero-order chi connectivity index (χ0) is 48.1. The fourth-order valence-corrected chi connectivity index (χ4v) is 7.36. The van der Waals surface area contributed by atoms with Gasteiger partial charge in [-0.2, -0.15) is 0 Å².